The highest BCUT2D eigenvalue weighted by molar-refractivity contribution is 5.93. The molecule has 136 valence electrons. The summed E-state index contributed by atoms with van der Waals surface area (Å²) in [5.41, 5.74) is 3.36. The molecule has 2 aliphatic heterocycles. The number of rotatable bonds is 5. The number of benzene rings is 1. The van der Waals surface area contributed by atoms with Gasteiger partial charge in [0.15, 0.2) is 0 Å². The Balaban J connectivity index is 1.50. The van der Waals surface area contributed by atoms with Crippen molar-refractivity contribution in [2.45, 2.75) is 19.6 Å². The van der Waals surface area contributed by atoms with Crippen LogP contribution in [0.4, 0.5) is 10.6 Å². The Hall–Kier alpha value is -2.80. The molecule has 0 radical (unpaired) electrons. The van der Waals surface area contributed by atoms with Crippen LogP contribution in [0.5, 0.6) is 11.5 Å². The van der Waals surface area contributed by atoms with Crippen LogP contribution in [0.2, 0.25) is 0 Å². The van der Waals surface area contributed by atoms with Gasteiger partial charge in [0, 0.05) is 44.4 Å². The monoisotopic (exact) mass is 354 g/mol. The molecule has 2 aromatic rings. The number of pyridine rings is 1. The van der Waals surface area contributed by atoms with Gasteiger partial charge in [-0.15, -0.1) is 0 Å². The maximum Gasteiger partial charge on any atom is 0.323 e. The molecule has 2 amide bonds. The van der Waals surface area contributed by atoms with Gasteiger partial charge in [0.05, 0.1) is 19.9 Å². The number of carbonyl (C=O) groups is 1. The number of nitrogens with zero attached hydrogens (tertiary/aromatic N) is 3. The van der Waals surface area contributed by atoms with Gasteiger partial charge in [-0.05, 0) is 17.7 Å². The number of anilines is 1. The Morgan fingerprint density at radius 2 is 2.04 bits per heavy atom. The summed E-state index contributed by atoms with van der Waals surface area (Å²) < 4.78 is 10.8. The van der Waals surface area contributed by atoms with Crippen LogP contribution in [-0.4, -0.2) is 43.2 Å². The van der Waals surface area contributed by atoms with Crippen LogP contribution in [-0.2, 0) is 19.6 Å². The predicted octanol–water partition coefficient (Wildman–Crippen LogP) is 2.14. The van der Waals surface area contributed by atoms with Gasteiger partial charge in [-0.25, -0.2) is 9.78 Å². The van der Waals surface area contributed by atoms with E-state index in [0.29, 0.717) is 13.1 Å². The normalized spacial score (nSPS) is 16.5. The second kappa shape index (κ2) is 6.84. The minimum atomic E-state index is -0.0738. The zero-order chi connectivity index (χ0) is 18.1. The molecule has 7 heteroatoms. The number of hydrogen-bond donors (Lipinski definition) is 1. The number of hydrogen-bond acceptors (Lipinski definition) is 5. The Morgan fingerprint density at radius 1 is 1.15 bits per heavy atom. The van der Waals surface area contributed by atoms with Crippen molar-refractivity contribution >= 4 is 11.8 Å². The van der Waals surface area contributed by atoms with Crippen molar-refractivity contribution in [3.05, 3.63) is 47.2 Å². The number of ether oxygens (including phenoxy) is 2. The molecule has 7 nitrogen and oxygen atoms in total. The van der Waals surface area contributed by atoms with Crippen molar-refractivity contribution < 1.29 is 14.3 Å². The molecule has 1 N–H and O–H groups in total. The standard InChI is InChI=1S/C19H22N4O3/c1-25-15-5-3-14(17(9-15)26-2)11-22-10-13-4-6-18(21-16(13)12-22)23-8-7-20-19(23)24/h3-6,9H,7-8,10-12H2,1-2H3,(H,20,24). The summed E-state index contributed by atoms with van der Waals surface area (Å²) in [6, 6.07) is 9.82. The van der Waals surface area contributed by atoms with Crippen LogP contribution in [0.3, 0.4) is 0 Å². The van der Waals surface area contributed by atoms with Crippen LogP contribution in [0.1, 0.15) is 16.8 Å². The minimum absolute atomic E-state index is 0.0738. The Kier molecular flexibility index (Phi) is 4.38. The fourth-order valence-corrected chi connectivity index (χ4v) is 3.48. The van der Waals surface area contributed by atoms with Crippen molar-refractivity contribution in [3.8, 4) is 11.5 Å². The van der Waals surface area contributed by atoms with E-state index < -0.39 is 0 Å². The lowest BCUT2D eigenvalue weighted by Gasteiger charge is -2.17. The molecule has 0 saturated carbocycles. The summed E-state index contributed by atoms with van der Waals surface area (Å²) in [5.74, 6) is 2.33. The van der Waals surface area contributed by atoms with E-state index >= 15 is 0 Å². The van der Waals surface area contributed by atoms with Crippen molar-refractivity contribution in [2.75, 3.05) is 32.2 Å². The number of amides is 2. The third-order valence-electron chi connectivity index (χ3n) is 4.84. The van der Waals surface area contributed by atoms with E-state index in [0.717, 1.165) is 48.2 Å². The molecule has 0 spiro atoms. The fourth-order valence-electron chi connectivity index (χ4n) is 3.48. The topological polar surface area (TPSA) is 66.9 Å². The van der Waals surface area contributed by atoms with Crippen molar-refractivity contribution in [1.82, 2.24) is 15.2 Å². The Bertz CT molecular complexity index is 840. The molecule has 1 fully saturated rings. The summed E-state index contributed by atoms with van der Waals surface area (Å²) in [4.78, 5) is 20.6. The second-order valence-corrected chi connectivity index (χ2v) is 6.48. The number of methoxy groups -OCH3 is 2. The Labute approximate surface area is 152 Å². The molecule has 1 aromatic carbocycles. The molecular formula is C19H22N4O3. The molecule has 2 aliphatic rings. The molecule has 0 atom stereocenters. The van der Waals surface area contributed by atoms with E-state index in [9.17, 15) is 4.79 Å². The maximum absolute atomic E-state index is 11.8. The van der Waals surface area contributed by atoms with Crippen molar-refractivity contribution in [3.63, 3.8) is 0 Å². The molecular weight excluding hydrogens is 332 g/mol. The lowest BCUT2D eigenvalue weighted by Crippen LogP contribution is -2.28. The first-order valence-corrected chi connectivity index (χ1v) is 8.65. The number of carbonyl (C=O) groups excluding carboxylic acids is 1. The lowest BCUT2D eigenvalue weighted by molar-refractivity contribution is 0.252. The van der Waals surface area contributed by atoms with E-state index in [1.807, 2.05) is 24.3 Å². The van der Waals surface area contributed by atoms with Crippen LogP contribution in [0.15, 0.2) is 30.3 Å². The third-order valence-corrected chi connectivity index (χ3v) is 4.84. The van der Waals surface area contributed by atoms with Gasteiger partial charge in [-0.3, -0.25) is 9.80 Å². The van der Waals surface area contributed by atoms with E-state index in [1.54, 1.807) is 19.1 Å². The maximum atomic E-state index is 11.8. The molecule has 3 heterocycles. The van der Waals surface area contributed by atoms with E-state index in [-0.39, 0.29) is 6.03 Å². The molecule has 0 bridgehead atoms. The molecule has 0 aliphatic carbocycles. The van der Waals surface area contributed by atoms with Gasteiger partial charge in [-0.1, -0.05) is 12.1 Å². The molecule has 0 unspecified atom stereocenters. The van der Waals surface area contributed by atoms with Crippen LogP contribution >= 0.6 is 0 Å². The first kappa shape index (κ1) is 16.7. The fraction of sp³-hybridized carbons (Fsp3) is 0.368. The van der Waals surface area contributed by atoms with Gasteiger partial charge in [-0.2, -0.15) is 0 Å². The van der Waals surface area contributed by atoms with Gasteiger partial charge in [0.25, 0.3) is 0 Å². The van der Waals surface area contributed by atoms with Gasteiger partial charge < -0.3 is 14.8 Å². The zero-order valence-corrected chi connectivity index (χ0v) is 15.0. The second-order valence-electron chi connectivity index (χ2n) is 6.48. The first-order valence-electron chi connectivity index (χ1n) is 8.65. The van der Waals surface area contributed by atoms with Gasteiger partial charge in [0.2, 0.25) is 0 Å². The summed E-state index contributed by atoms with van der Waals surface area (Å²) in [6.45, 7) is 3.69. The van der Waals surface area contributed by atoms with Crippen LogP contribution in [0.25, 0.3) is 0 Å². The largest absolute Gasteiger partial charge is 0.497 e. The Morgan fingerprint density at radius 3 is 2.77 bits per heavy atom. The van der Waals surface area contributed by atoms with E-state index in [2.05, 4.69) is 16.3 Å². The average Bonchev–Trinajstić information content (AvgIpc) is 3.26. The van der Waals surface area contributed by atoms with Crippen LogP contribution in [0, 0.1) is 0 Å². The number of aromatic nitrogens is 1. The summed E-state index contributed by atoms with van der Waals surface area (Å²) in [7, 11) is 3.32. The lowest BCUT2D eigenvalue weighted by atomic mass is 10.2. The van der Waals surface area contributed by atoms with Gasteiger partial charge >= 0.3 is 6.03 Å². The zero-order valence-electron chi connectivity index (χ0n) is 15.0. The highest BCUT2D eigenvalue weighted by atomic mass is 16.5. The SMILES string of the molecule is COc1ccc(CN2Cc3ccc(N4CCNC4=O)nc3C2)c(OC)c1. The molecule has 26 heavy (non-hydrogen) atoms. The quantitative estimate of drug-likeness (QED) is 0.891. The molecule has 4 rings (SSSR count). The third kappa shape index (κ3) is 3.06. The first-order chi connectivity index (χ1) is 12.7. The molecule has 1 aromatic heterocycles. The van der Waals surface area contributed by atoms with Gasteiger partial charge in [0.1, 0.15) is 17.3 Å². The van der Waals surface area contributed by atoms with Crippen LogP contribution < -0.4 is 19.7 Å². The van der Waals surface area contributed by atoms with E-state index in [4.69, 9.17) is 14.5 Å². The van der Waals surface area contributed by atoms with E-state index in [1.165, 1.54) is 5.56 Å². The highest BCUT2D eigenvalue weighted by Crippen LogP contribution is 2.30. The summed E-state index contributed by atoms with van der Waals surface area (Å²) in [6.07, 6.45) is 0. The predicted molar refractivity (Wildman–Crippen MR) is 97.5 cm³/mol. The smallest absolute Gasteiger partial charge is 0.323 e. The van der Waals surface area contributed by atoms with Crippen molar-refractivity contribution in [1.29, 1.82) is 0 Å². The number of nitrogens with one attached hydrogen (secondary N) is 1. The van der Waals surface area contributed by atoms with Crippen molar-refractivity contribution in [2.24, 2.45) is 0 Å². The number of fused-ring (bicyclic) bond motifs is 1. The summed E-state index contributed by atoms with van der Waals surface area (Å²) in [5, 5.41) is 2.81. The highest BCUT2D eigenvalue weighted by Gasteiger charge is 2.26. The molecule has 1 saturated heterocycles. The summed E-state index contributed by atoms with van der Waals surface area (Å²) >= 11 is 0. The minimum Gasteiger partial charge on any atom is -0.497 e. The number of urea groups is 1. The average molecular weight is 354 g/mol.